The van der Waals surface area contributed by atoms with E-state index in [9.17, 15) is 4.39 Å². The van der Waals surface area contributed by atoms with Gasteiger partial charge in [0.25, 0.3) is 0 Å². The molecule has 3 rings (SSSR count). The van der Waals surface area contributed by atoms with E-state index in [1.807, 2.05) is 32.1 Å². The van der Waals surface area contributed by atoms with Crippen LogP contribution in [0.2, 0.25) is 0 Å². The molecule has 0 atom stereocenters. The minimum Gasteiger partial charge on any atom is -0.496 e. The number of nitrogens with zero attached hydrogens (tertiary/aromatic N) is 2. The first-order valence-corrected chi connectivity index (χ1v) is 9.68. The molecule has 0 saturated carbocycles. The van der Waals surface area contributed by atoms with Gasteiger partial charge in [-0.25, -0.2) is 9.07 Å². The Balaban J connectivity index is 1.85. The lowest BCUT2D eigenvalue weighted by Gasteiger charge is -2.16. The van der Waals surface area contributed by atoms with Crippen molar-refractivity contribution in [2.75, 3.05) is 7.11 Å². The third kappa shape index (κ3) is 4.35. The molecule has 0 saturated heterocycles. The van der Waals surface area contributed by atoms with Crippen LogP contribution in [0.3, 0.4) is 0 Å². The van der Waals surface area contributed by atoms with Crippen molar-refractivity contribution in [2.45, 2.75) is 20.4 Å². The smallest absolute Gasteiger partial charge is 0.124 e. The largest absolute Gasteiger partial charge is 0.496 e. The van der Waals surface area contributed by atoms with Crippen LogP contribution in [0.5, 0.6) is 5.75 Å². The number of methoxy groups -OCH3 is 1. The van der Waals surface area contributed by atoms with E-state index in [1.54, 1.807) is 36.2 Å². The summed E-state index contributed by atoms with van der Waals surface area (Å²) in [6, 6.07) is 12.3. The number of aromatic nitrogens is 2. The van der Waals surface area contributed by atoms with Crippen molar-refractivity contribution in [1.29, 1.82) is 0 Å². The lowest BCUT2D eigenvalue weighted by Crippen LogP contribution is -2.14. The fraction of sp³-hybridized carbons (Fsp3) is 0.160. The van der Waals surface area contributed by atoms with Crippen molar-refractivity contribution in [3.05, 3.63) is 102 Å². The highest BCUT2D eigenvalue weighted by molar-refractivity contribution is 5.82. The van der Waals surface area contributed by atoms with Gasteiger partial charge in [0.05, 0.1) is 24.7 Å². The third-order valence-corrected chi connectivity index (χ3v) is 4.91. The molecular weight excluding hydrogens is 377 g/mol. The standard InChI is InChI=1S/C25H26FN3O/c1-6-22(18(4)27-15-19-9-8-17(3)14-25(19)30-5)23-16-28-29(24(23)7-2)21-12-10-20(26)11-13-21/h6-14,16,27H,2,4,15H2,1,3,5H3/b22-6-. The number of hydrogen-bond donors (Lipinski definition) is 1. The van der Waals surface area contributed by atoms with Gasteiger partial charge in [-0.2, -0.15) is 5.10 Å². The maximum atomic E-state index is 13.3. The van der Waals surface area contributed by atoms with Crippen molar-refractivity contribution in [2.24, 2.45) is 0 Å². The second-order valence-electron chi connectivity index (χ2n) is 6.89. The Hall–Kier alpha value is -3.60. The number of rotatable bonds is 8. The van der Waals surface area contributed by atoms with E-state index < -0.39 is 0 Å². The number of halogens is 1. The van der Waals surface area contributed by atoms with Gasteiger partial charge in [-0.15, -0.1) is 0 Å². The zero-order chi connectivity index (χ0) is 21.7. The van der Waals surface area contributed by atoms with Crippen LogP contribution in [0.1, 0.15) is 29.3 Å². The van der Waals surface area contributed by atoms with Crippen LogP contribution in [0.25, 0.3) is 17.3 Å². The summed E-state index contributed by atoms with van der Waals surface area (Å²) >= 11 is 0. The van der Waals surface area contributed by atoms with E-state index in [1.165, 1.54) is 12.1 Å². The highest BCUT2D eigenvalue weighted by atomic mass is 19.1. The highest BCUT2D eigenvalue weighted by Crippen LogP contribution is 2.28. The molecule has 1 N–H and O–H groups in total. The van der Waals surface area contributed by atoms with Gasteiger partial charge in [0.15, 0.2) is 0 Å². The number of benzene rings is 2. The summed E-state index contributed by atoms with van der Waals surface area (Å²) < 4.78 is 20.5. The summed E-state index contributed by atoms with van der Waals surface area (Å²) in [5, 5.41) is 7.87. The summed E-state index contributed by atoms with van der Waals surface area (Å²) in [5.74, 6) is 0.553. The van der Waals surface area contributed by atoms with Gasteiger partial charge >= 0.3 is 0 Å². The van der Waals surface area contributed by atoms with Crippen molar-refractivity contribution >= 4 is 11.6 Å². The predicted molar refractivity (Wildman–Crippen MR) is 121 cm³/mol. The second-order valence-corrected chi connectivity index (χ2v) is 6.89. The van der Waals surface area contributed by atoms with Crippen LogP contribution in [0.15, 0.2) is 73.6 Å². The first-order chi connectivity index (χ1) is 14.5. The first kappa shape index (κ1) is 21.1. The Morgan fingerprint density at radius 2 is 1.97 bits per heavy atom. The van der Waals surface area contributed by atoms with Crippen LogP contribution >= 0.6 is 0 Å². The molecule has 0 radical (unpaired) electrons. The maximum Gasteiger partial charge on any atom is 0.124 e. The minimum atomic E-state index is -0.287. The second kappa shape index (κ2) is 9.27. The summed E-state index contributed by atoms with van der Waals surface area (Å²) in [7, 11) is 1.67. The average molecular weight is 404 g/mol. The Kier molecular flexibility index (Phi) is 6.52. The van der Waals surface area contributed by atoms with E-state index in [0.717, 1.165) is 45.1 Å². The summed E-state index contributed by atoms with van der Waals surface area (Å²) in [6.45, 7) is 12.7. The molecule has 5 heteroatoms. The summed E-state index contributed by atoms with van der Waals surface area (Å²) in [5.41, 5.74) is 6.34. The van der Waals surface area contributed by atoms with Crippen molar-refractivity contribution < 1.29 is 9.13 Å². The van der Waals surface area contributed by atoms with Crippen LogP contribution in [-0.4, -0.2) is 16.9 Å². The summed E-state index contributed by atoms with van der Waals surface area (Å²) in [6.07, 6.45) is 5.50. The van der Waals surface area contributed by atoms with Crippen molar-refractivity contribution in [3.63, 3.8) is 0 Å². The molecule has 3 aromatic rings. The Labute approximate surface area is 177 Å². The van der Waals surface area contributed by atoms with Crippen molar-refractivity contribution in [1.82, 2.24) is 15.1 Å². The van der Waals surface area contributed by atoms with Crippen LogP contribution in [0, 0.1) is 12.7 Å². The SMILES string of the molecule is C=Cc1c(/C(=C\C)C(=C)NCc2ccc(C)cc2OC)cnn1-c1ccc(F)cc1. The molecule has 0 aliphatic carbocycles. The molecule has 154 valence electrons. The normalized spacial score (nSPS) is 11.3. The monoisotopic (exact) mass is 403 g/mol. The van der Waals surface area contributed by atoms with Gasteiger partial charge < -0.3 is 10.1 Å². The number of nitrogens with one attached hydrogen (secondary N) is 1. The van der Waals surface area contributed by atoms with Gasteiger partial charge in [-0.1, -0.05) is 31.4 Å². The summed E-state index contributed by atoms with van der Waals surface area (Å²) in [4.78, 5) is 0. The molecule has 1 heterocycles. The molecule has 0 aliphatic heterocycles. The molecule has 1 aromatic heterocycles. The van der Waals surface area contributed by atoms with Crippen LogP contribution in [0.4, 0.5) is 4.39 Å². The lowest BCUT2D eigenvalue weighted by molar-refractivity contribution is 0.408. The molecule has 2 aromatic carbocycles. The van der Waals surface area contributed by atoms with E-state index >= 15 is 0 Å². The quantitative estimate of drug-likeness (QED) is 0.492. The van der Waals surface area contributed by atoms with Gasteiger partial charge in [-0.05, 0) is 55.8 Å². The van der Waals surface area contributed by atoms with E-state index in [-0.39, 0.29) is 5.82 Å². The zero-order valence-corrected chi connectivity index (χ0v) is 17.6. The molecule has 0 amide bonds. The third-order valence-electron chi connectivity index (χ3n) is 4.91. The Morgan fingerprint density at radius 1 is 1.23 bits per heavy atom. The van der Waals surface area contributed by atoms with Crippen LogP contribution in [-0.2, 0) is 6.54 Å². The molecule has 0 bridgehead atoms. The molecule has 0 spiro atoms. The van der Waals surface area contributed by atoms with Crippen molar-refractivity contribution in [3.8, 4) is 11.4 Å². The molecule has 0 fully saturated rings. The Morgan fingerprint density at radius 3 is 2.60 bits per heavy atom. The number of ether oxygens (including phenoxy) is 1. The molecule has 4 nitrogen and oxygen atoms in total. The number of aryl methyl sites for hydroxylation is 1. The fourth-order valence-corrected chi connectivity index (χ4v) is 3.34. The lowest BCUT2D eigenvalue weighted by atomic mass is 10.0. The highest BCUT2D eigenvalue weighted by Gasteiger charge is 2.16. The van der Waals surface area contributed by atoms with E-state index in [0.29, 0.717) is 6.54 Å². The van der Waals surface area contributed by atoms with Gasteiger partial charge in [0.1, 0.15) is 11.6 Å². The average Bonchev–Trinajstić information content (AvgIpc) is 3.17. The van der Waals surface area contributed by atoms with Crippen LogP contribution < -0.4 is 10.1 Å². The van der Waals surface area contributed by atoms with Gasteiger partial charge in [0, 0.05) is 28.9 Å². The first-order valence-electron chi connectivity index (χ1n) is 9.68. The van der Waals surface area contributed by atoms with Gasteiger partial charge in [0.2, 0.25) is 0 Å². The molecule has 0 aliphatic rings. The molecule has 30 heavy (non-hydrogen) atoms. The number of hydrogen-bond acceptors (Lipinski definition) is 3. The maximum absolute atomic E-state index is 13.3. The fourth-order valence-electron chi connectivity index (χ4n) is 3.34. The van der Waals surface area contributed by atoms with E-state index in [2.05, 4.69) is 29.6 Å². The zero-order valence-electron chi connectivity index (χ0n) is 17.6. The Bertz CT molecular complexity index is 1090. The molecular formula is C25H26FN3O. The predicted octanol–water partition coefficient (Wildman–Crippen LogP) is 5.68. The topological polar surface area (TPSA) is 39.1 Å². The number of allylic oxidation sites excluding steroid dienone is 2. The molecule has 0 unspecified atom stereocenters. The van der Waals surface area contributed by atoms with E-state index in [4.69, 9.17) is 4.74 Å². The minimum absolute atomic E-state index is 0.287. The van der Waals surface area contributed by atoms with Gasteiger partial charge in [-0.3, -0.25) is 0 Å².